The highest BCUT2D eigenvalue weighted by Crippen LogP contribution is 2.25. The van der Waals surface area contributed by atoms with Crippen molar-refractivity contribution in [1.29, 1.82) is 0 Å². The molecule has 10 heteroatoms. The van der Waals surface area contributed by atoms with Crippen LogP contribution in [0.4, 0.5) is 10.1 Å². The minimum Gasteiger partial charge on any atom is -0.325 e. The number of anilines is 1. The molecule has 0 heterocycles. The monoisotopic (exact) mass is 500 g/mol. The van der Waals surface area contributed by atoms with Crippen LogP contribution in [-0.2, 0) is 21.4 Å². The zero-order valence-electron chi connectivity index (χ0n) is 15.9. The molecule has 162 valence electrons. The number of rotatable bonds is 7. The van der Waals surface area contributed by atoms with E-state index < -0.39 is 34.8 Å². The fourth-order valence-corrected chi connectivity index (χ4v) is 4.57. The summed E-state index contributed by atoms with van der Waals surface area (Å²) in [5.41, 5.74) is 0.392. The standard InChI is InChI=1S/C21H16Cl3FN2O3S/c22-14-4-8-16(9-5-14)26-21(28)13-27(12-18-19(24)2-1-3-20(18)25)31(29,30)17-10-6-15(23)7-11-17/h1-11H,12-13H2,(H,26,28). The summed E-state index contributed by atoms with van der Waals surface area (Å²) in [7, 11) is -4.18. The number of sulfonamides is 1. The molecule has 0 unspecified atom stereocenters. The second-order valence-corrected chi connectivity index (χ2v) is 9.70. The van der Waals surface area contributed by atoms with Gasteiger partial charge in [0, 0.05) is 32.9 Å². The van der Waals surface area contributed by atoms with Gasteiger partial charge in [-0.1, -0.05) is 40.9 Å². The Bertz CT molecular complexity index is 1170. The van der Waals surface area contributed by atoms with E-state index in [1.54, 1.807) is 24.3 Å². The number of amides is 1. The van der Waals surface area contributed by atoms with Crippen molar-refractivity contribution in [2.45, 2.75) is 11.4 Å². The lowest BCUT2D eigenvalue weighted by molar-refractivity contribution is -0.116. The topological polar surface area (TPSA) is 66.5 Å². The second kappa shape index (κ2) is 9.97. The molecule has 0 aliphatic heterocycles. The summed E-state index contributed by atoms with van der Waals surface area (Å²) in [6.45, 7) is -1.01. The molecule has 1 N–H and O–H groups in total. The lowest BCUT2D eigenvalue weighted by atomic mass is 10.2. The normalized spacial score (nSPS) is 11.5. The maximum atomic E-state index is 14.3. The number of nitrogens with zero attached hydrogens (tertiary/aromatic N) is 1. The van der Waals surface area contributed by atoms with E-state index in [4.69, 9.17) is 34.8 Å². The highest BCUT2D eigenvalue weighted by Gasteiger charge is 2.28. The number of carbonyl (C=O) groups is 1. The van der Waals surface area contributed by atoms with Crippen LogP contribution in [0.5, 0.6) is 0 Å². The van der Waals surface area contributed by atoms with Gasteiger partial charge in [-0.05, 0) is 60.7 Å². The molecule has 1 amide bonds. The number of hydrogen-bond donors (Lipinski definition) is 1. The Hall–Kier alpha value is -2.16. The number of benzene rings is 3. The Morgan fingerprint density at radius 2 is 1.48 bits per heavy atom. The molecule has 31 heavy (non-hydrogen) atoms. The zero-order chi connectivity index (χ0) is 22.6. The summed E-state index contributed by atoms with van der Waals surface area (Å²) >= 11 is 17.8. The van der Waals surface area contributed by atoms with E-state index >= 15 is 0 Å². The van der Waals surface area contributed by atoms with E-state index in [9.17, 15) is 17.6 Å². The third kappa shape index (κ3) is 5.96. The maximum absolute atomic E-state index is 14.3. The van der Waals surface area contributed by atoms with Crippen molar-refractivity contribution in [2.24, 2.45) is 0 Å². The average Bonchev–Trinajstić information content (AvgIpc) is 2.72. The van der Waals surface area contributed by atoms with Crippen molar-refractivity contribution in [3.8, 4) is 0 Å². The van der Waals surface area contributed by atoms with Crippen LogP contribution in [0, 0.1) is 5.82 Å². The van der Waals surface area contributed by atoms with Gasteiger partial charge in [-0.15, -0.1) is 0 Å². The van der Waals surface area contributed by atoms with E-state index in [0.717, 1.165) is 4.31 Å². The van der Waals surface area contributed by atoms with Crippen LogP contribution in [0.1, 0.15) is 5.56 Å². The lowest BCUT2D eigenvalue weighted by Gasteiger charge is -2.23. The molecule has 0 saturated heterocycles. The number of nitrogens with one attached hydrogen (secondary N) is 1. The average molecular weight is 502 g/mol. The summed E-state index contributed by atoms with van der Waals surface area (Å²) in [6, 6.07) is 15.8. The summed E-state index contributed by atoms with van der Waals surface area (Å²) < 4.78 is 41.6. The summed E-state index contributed by atoms with van der Waals surface area (Å²) in [5.74, 6) is -1.30. The van der Waals surface area contributed by atoms with Crippen molar-refractivity contribution in [3.05, 3.63) is 93.2 Å². The van der Waals surface area contributed by atoms with Crippen molar-refractivity contribution >= 4 is 56.4 Å². The number of halogens is 4. The van der Waals surface area contributed by atoms with E-state index in [2.05, 4.69) is 5.32 Å². The minimum absolute atomic E-state index is 0.0407. The summed E-state index contributed by atoms with van der Waals surface area (Å²) in [5, 5.41) is 3.48. The van der Waals surface area contributed by atoms with Gasteiger partial charge in [0.05, 0.1) is 11.4 Å². The molecule has 3 aromatic rings. The molecular formula is C21H16Cl3FN2O3S. The highest BCUT2D eigenvalue weighted by atomic mass is 35.5. The smallest absolute Gasteiger partial charge is 0.243 e. The first-order valence-electron chi connectivity index (χ1n) is 8.91. The first-order valence-corrected chi connectivity index (χ1v) is 11.5. The van der Waals surface area contributed by atoms with Crippen LogP contribution in [0.15, 0.2) is 71.6 Å². The predicted octanol–water partition coefficient (Wildman–Crippen LogP) is 5.62. The van der Waals surface area contributed by atoms with Gasteiger partial charge >= 0.3 is 0 Å². The Morgan fingerprint density at radius 3 is 2.06 bits per heavy atom. The van der Waals surface area contributed by atoms with E-state index in [-0.39, 0.29) is 15.5 Å². The lowest BCUT2D eigenvalue weighted by Crippen LogP contribution is -2.37. The third-order valence-corrected chi connectivity index (χ3v) is 6.96. The number of carbonyl (C=O) groups excluding carboxylic acids is 1. The Labute approximate surface area is 194 Å². The molecule has 0 atom stereocenters. The first kappa shape index (κ1) is 23.5. The fourth-order valence-electron chi connectivity index (χ4n) is 2.74. The molecule has 0 saturated carbocycles. The zero-order valence-corrected chi connectivity index (χ0v) is 18.9. The molecule has 0 spiro atoms. The maximum Gasteiger partial charge on any atom is 0.243 e. The highest BCUT2D eigenvalue weighted by molar-refractivity contribution is 7.89. The van der Waals surface area contributed by atoms with Gasteiger partial charge in [-0.3, -0.25) is 4.79 Å². The van der Waals surface area contributed by atoms with Gasteiger partial charge in [-0.25, -0.2) is 12.8 Å². The summed E-state index contributed by atoms with van der Waals surface area (Å²) in [4.78, 5) is 12.5. The largest absolute Gasteiger partial charge is 0.325 e. The molecule has 0 bridgehead atoms. The van der Waals surface area contributed by atoms with Gasteiger partial charge in [0.2, 0.25) is 15.9 Å². The van der Waals surface area contributed by atoms with Crippen molar-refractivity contribution < 1.29 is 17.6 Å². The Kier molecular flexibility index (Phi) is 7.56. The van der Waals surface area contributed by atoms with Crippen molar-refractivity contribution in [3.63, 3.8) is 0 Å². The van der Waals surface area contributed by atoms with Crippen molar-refractivity contribution in [2.75, 3.05) is 11.9 Å². The summed E-state index contributed by atoms with van der Waals surface area (Å²) in [6.07, 6.45) is 0. The van der Waals surface area contributed by atoms with Crippen molar-refractivity contribution in [1.82, 2.24) is 4.31 Å². The quantitative estimate of drug-likeness (QED) is 0.457. The van der Waals surface area contributed by atoms with Gasteiger partial charge < -0.3 is 5.32 Å². The fraction of sp³-hybridized carbons (Fsp3) is 0.0952. The molecule has 0 aliphatic rings. The van der Waals surface area contributed by atoms with Crippen LogP contribution in [0.2, 0.25) is 15.1 Å². The van der Waals surface area contributed by atoms with Crippen LogP contribution >= 0.6 is 34.8 Å². The van der Waals surface area contributed by atoms with Crippen LogP contribution in [-0.4, -0.2) is 25.2 Å². The van der Waals surface area contributed by atoms with E-state index in [1.807, 2.05) is 0 Å². The first-order chi connectivity index (χ1) is 14.7. The van der Waals surface area contributed by atoms with Crippen LogP contribution in [0.25, 0.3) is 0 Å². The van der Waals surface area contributed by atoms with Crippen LogP contribution in [0.3, 0.4) is 0 Å². The molecular weight excluding hydrogens is 486 g/mol. The SMILES string of the molecule is O=C(CN(Cc1c(F)cccc1Cl)S(=O)(=O)c1ccc(Cl)cc1)Nc1ccc(Cl)cc1. The second-order valence-electron chi connectivity index (χ2n) is 6.48. The van der Waals surface area contributed by atoms with E-state index in [1.165, 1.54) is 42.5 Å². The Morgan fingerprint density at radius 1 is 0.903 bits per heavy atom. The van der Waals surface area contributed by atoms with Gasteiger partial charge in [0.25, 0.3) is 0 Å². The minimum atomic E-state index is -4.18. The molecule has 0 fully saturated rings. The molecule has 5 nitrogen and oxygen atoms in total. The van der Waals surface area contributed by atoms with Gasteiger partial charge in [0.15, 0.2) is 0 Å². The Balaban J connectivity index is 1.92. The molecule has 0 radical (unpaired) electrons. The van der Waals surface area contributed by atoms with Gasteiger partial charge in [-0.2, -0.15) is 4.31 Å². The third-order valence-electron chi connectivity index (χ3n) is 4.30. The molecule has 3 rings (SSSR count). The molecule has 0 aromatic heterocycles. The predicted molar refractivity (Wildman–Crippen MR) is 121 cm³/mol. The van der Waals surface area contributed by atoms with Crippen LogP contribution < -0.4 is 5.32 Å². The van der Waals surface area contributed by atoms with E-state index in [0.29, 0.717) is 15.7 Å². The number of hydrogen-bond acceptors (Lipinski definition) is 3. The molecule has 3 aromatic carbocycles. The molecule has 0 aliphatic carbocycles. The van der Waals surface area contributed by atoms with Gasteiger partial charge in [0.1, 0.15) is 5.82 Å².